The lowest BCUT2D eigenvalue weighted by atomic mass is 10.1. The molecule has 0 bridgehead atoms. The van der Waals surface area contributed by atoms with Gasteiger partial charge in [-0.3, -0.25) is 0 Å². The zero-order chi connectivity index (χ0) is 15.0. The van der Waals surface area contributed by atoms with E-state index < -0.39 is 5.97 Å². The SMILES string of the molecule is CO[C@H](C)c1cccc2nc3c(C(=O)O)cccc3nc12. The van der Waals surface area contributed by atoms with Crippen molar-refractivity contribution in [2.75, 3.05) is 7.11 Å². The summed E-state index contributed by atoms with van der Waals surface area (Å²) in [6.07, 6.45) is -0.108. The smallest absolute Gasteiger partial charge is 0.337 e. The van der Waals surface area contributed by atoms with E-state index in [0.29, 0.717) is 16.6 Å². The Morgan fingerprint density at radius 3 is 2.38 bits per heavy atom. The topological polar surface area (TPSA) is 72.3 Å². The molecule has 1 heterocycles. The molecule has 21 heavy (non-hydrogen) atoms. The summed E-state index contributed by atoms with van der Waals surface area (Å²) in [5.74, 6) is -1.00. The van der Waals surface area contributed by atoms with Gasteiger partial charge in [0.05, 0.1) is 28.2 Å². The normalized spacial score (nSPS) is 12.7. The van der Waals surface area contributed by atoms with Crippen LogP contribution in [0.1, 0.15) is 28.9 Å². The molecule has 0 saturated heterocycles. The molecule has 0 fully saturated rings. The number of aromatic carboxylic acids is 1. The average Bonchev–Trinajstić information content (AvgIpc) is 2.50. The van der Waals surface area contributed by atoms with Gasteiger partial charge in [-0.05, 0) is 25.1 Å². The standard InChI is InChI=1S/C16H14N2O3/c1-9(21-2)10-5-3-7-12-14(10)17-13-8-4-6-11(16(19)20)15(13)18-12/h3-9H,1-2H3,(H,19,20)/t9-/m1/s1. The third-order valence-electron chi connectivity index (χ3n) is 3.55. The van der Waals surface area contributed by atoms with Gasteiger partial charge in [0, 0.05) is 12.7 Å². The molecular weight excluding hydrogens is 268 g/mol. The lowest BCUT2D eigenvalue weighted by Gasteiger charge is -2.12. The molecule has 0 spiro atoms. The number of aromatic nitrogens is 2. The maximum Gasteiger partial charge on any atom is 0.337 e. The highest BCUT2D eigenvalue weighted by Crippen LogP contribution is 2.26. The van der Waals surface area contributed by atoms with Crippen LogP contribution in [-0.2, 0) is 4.74 Å². The second-order valence-corrected chi connectivity index (χ2v) is 4.79. The van der Waals surface area contributed by atoms with Crippen LogP contribution in [-0.4, -0.2) is 28.2 Å². The second kappa shape index (κ2) is 5.10. The second-order valence-electron chi connectivity index (χ2n) is 4.79. The number of fused-ring (bicyclic) bond motifs is 2. The summed E-state index contributed by atoms with van der Waals surface area (Å²) in [4.78, 5) is 20.3. The van der Waals surface area contributed by atoms with E-state index in [1.54, 1.807) is 19.2 Å². The minimum absolute atomic E-state index is 0.108. The van der Waals surface area contributed by atoms with Crippen molar-refractivity contribution in [1.29, 1.82) is 0 Å². The Balaban J connectivity index is 2.37. The molecule has 0 aliphatic rings. The molecule has 0 aliphatic carbocycles. The summed E-state index contributed by atoms with van der Waals surface area (Å²) in [6.45, 7) is 1.94. The van der Waals surface area contributed by atoms with E-state index in [1.807, 2.05) is 25.1 Å². The lowest BCUT2D eigenvalue weighted by Crippen LogP contribution is -2.02. The summed E-state index contributed by atoms with van der Waals surface area (Å²) < 4.78 is 5.36. The maximum absolute atomic E-state index is 11.3. The highest BCUT2D eigenvalue weighted by Gasteiger charge is 2.15. The lowest BCUT2D eigenvalue weighted by molar-refractivity contribution is 0.0699. The number of hydrogen-bond donors (Lipinski definition) is 1. The molecule has 0 saturated carbocycles. The fourth-order valence-corrected chi connectivity index (χ4v) is 2.37. The molecule has 5 heteroatoms. The molecule has 106 valence electrons. The molecule has 0 aliphatic heterocycles. The van der Waals surface area contributed by atoms with Crippen molar-refractivity contribution in [1.82, 2.24) is 9.97 Å². The summed E-state index contributed by atoms with van der Waals surface area (Å²) in [6, 6.07) is 10.6. The molecule has 1 aromatic heterocycles. The van der Waals surface area contributed by atoms with E-state index in [-0.39, 0.29) is 11.7 Å². The molecule has 0 radical (unpaired) electrons. The molecule has 1 N–H and O–H groups in total. The van der Waals surface area contributed by atoms with Crippen LogP contribution >= 0.6 is 0 Å². The average molecular weight is 282 g/mol. The van der Waals surface area contributed by atoms with Crippen LogP contribution in [0, 0.1) is 0 Å². The molecule has 2 aromatic carbocycles. The van der Waals surface area contributed by atoms with Crippen LogP contribution in [0.2, 0.25) is 0 Å². The molecule has 1 atom stereocenters. The van der Waals surface area contributed by atoms with Gasteiger partial charge in [-0.2, -0.15) is 0 Å². The summed E-state index contributed by atoms with van der Waals surface area (Å²) in [5, 5.41) is 9.25. The van der Waals surface area contributed by atoms with Gasteiger partial charge in [0.2, 0.25) is 0 Å². The van der Waals surface area contributed by atoms with E-state index in [9.17, 15) is 9.90 Å². The molecule has 0 amide bonds. The van der Waals surface area contributed by atoms with E-state index >= 15 is 0 Å². The van der Waals surface area contributed by atoms with Crippen LogP contribution < -0.4 is 0 Å². The van der Waals surface area contributed by atoms with Crippen molar-refractivity contribution in [2.45, 2.75) is 13.0 Å². The van der Waals surface area contributed by atoms with Crippen molar-refractivity contribution in [2.24, 2.45) is 0 Å². The fraction of sp³-hybridized carbons (Fsp3) is 0.188. The van der Waals surface area contributed by atoms with E-state index in [0.717, 1.165) is 11.1 Å². The van der Waals surface area contributed by atoms with Crippen LogP contribution in [0.5, 0.6) is 0 Å². The van der Waals surface area contributed by atoms with E-state index in [2.05, 4.69) is 9.97 Å². The minimum atomic E-state index is -1.00. The number of carbonyl (C=O) groups is 1. The Hall–Kier alpha value is -2.53. The quantitative estimate of drug-likeness (QED) is 0.747. The number of carboxylic acid groups (broad SMARTS) is 1. The van der Waals surface area contributed by atoms with E-state index in [4.69, 9.17) is 4.74 Å². The summed E-state index contributed by atoms with van der Waals surface area (Å²) in [5.41, 5.74) is 3.47. The fourth-order valence-electron chi connectivity index (χ4n) is 2.37. The van der Waals surface area contributed by atoms with Crippen molar-refractivity contribution >= 4 is 28.0 Å². The number of hydrogen-bond acceptors (Lipinski definition) is 4. The minimum Gasteiger partial charge on any atom is -0.478 e. The number of para-hydroxylation sites is 2. The third kappa shape index (κ3) is 2.21. The van der Waals surface area contributed by atoms with Crippen molar-refractivity contribution in [3.05, 3.63) is 47.5 Å². The number of carboxylic acids is 1. The van der Waals surface area contributed by atoms with Gasteiger partial charge >= 0.3 is 5.97 Å². The number of rotatable bonds is 3. The number of ether oxygens (including phenoxy) is 1. The molecule has 0 unspecified atom stereocenters. The van der Waals surface area contributed by atoms with Gasteiger partial charge in [0.15, 0.2) is 0 Å². The Kier molecular flexibility index (Phi) is 3.27. The highest BCUT2D eigenvalue weighted by molar-refractivity contribution is 6.02. The monoisotopic (exact) mass is 282 g/mol. The van der Waals surface area contributed by atoms with Crippen molar-refractivity contribution < 1.29 is 14.6 Å². The molecule has 3 aromatic rings. The summed E-state index contributed by atoms with van der Waals surface area (Å²) in [7, 11) is 1.64. The Labute approximate surface area is 121 Å². The number of methoxy groups -OCH3 is 1. The van der Waals surface area contributed by atoms with Crippen molar-refractivity contribution in [3.63, 3.8) is 0 Å². The molecular formula is C16H14N2O3. The van der Waals surface area contributed by atoms with Gasteiger partial charge in [-0.25, -0.2) is 14.8 Å². The first kappa shape index (κ1) is 13.5. The van der Waals surface area contributed by atoms with Gasteiger partial charge < -0.3 is 9.84 Å². The third-order valence-corrected chi connectivity index (χ3v) is 3.55. The number of benzene rings is 2. The first-order valence-corrected chi connectivity index (χ1v) is 6.57. The predicted molar refractivity (Wildman–Crippen MR) is 79.4 cm³/mol. The van der Waals surface area contributed by atoms with E-state index in [1.165, 1.54) is 6.07 Å². The zero-order valence-electron chi connectivity index (χ0n) is 11.7. The largest absolute Gasteiger partial charge is 0.478 e. The first-order valence-electron chi connectivity index (χ1n) is 6.57. The Morgan fingerprint density at radius 2 is 1.71 bits per heavy atom. The van der Waals surface area contributed by atoms with Gasteiger partial charge in [0.1, 0.15) is 5.52 Å². The highest BCUT2D eigenvalue weighted by atomic mass is 16.5. The van der Waals surface area contributed by atoms with Crippen LogP contribution in [0.4, 0.5) is 0 Å². The number of nitrogens with zero attached hydrogens (tertiary/aromatic N) is 2. The molecule has 3 rings (SSSR count). The zero-order valence-corrected chi connectivity index (χ0v) is 11.7. The van der Waals surface area contributed by atoms with Gasteiger partial charge in [-0.15, -0.1) is 0 Å². The Morgan fingerprint density at radius 1 is 1.10 bits per heavy atom. The molecule has 5 nitrogen and oxygen atoms in total. The van der Waals surface area contributed by atoms with Crippen LogP contribution in [0.25, 0.3) is 22.1 Å². The summed E-state index contributed by atoms with van der Waals surface area (Å²) >= 11 is 0. The van der Waals surface area contributed by atoms with Crippen LogP contribution in [0.15, 0.2) is 36.4 Å². The van der Waals surface area contributed by atoms with Gasteiger partial charge in [0.25, 0.3) is 0 Å². The Bertz CT molecular complexity index is 845. The maximum atomic E-state index is 11.3. The first-order chi connectivity index (χ1) is 10.1. The van der Waals surface area contributed by atoms with Gasteiger partial charge in [-0.1, -0.05) is 18.2 Å². The van der Waals surface area contributed by atoms with Crippen molar-refractivity contribution in [3.8, 4) is 0 Å². The predicted octanol–water partition coefficient (Wildman–Crippen LogP) is 3.19. The van der Waals surface area contributed by atoms with Crippen LogP contribution in [0.3, 0.4) is 0 Å².